The summed E-state index contributed by atoms with van der Waals surface area (Å²) in [6, 6.07) is 7.52. The van der Waals surface area contributed by atoms with E-state index in [1.807, 2.05) is 0 Å². The van der Waals surface area contributed by atoms with Crippen LogP contribution in [-0.2, 0) is 0 Å². The summed E-state index contributed by atoms with van der Waals surface area (Å²) >= 11 is 0. The Balaban J connectivity index is 2.26. The van der Waals surface area contributed by atoms with Crippen LogP contribution in [0.1, 0.15) is 26.3 Å². The SMILES string of the molecule is Cc1cc(NC(=O)c2ccc([N+](=O)[O-])cc2)cc(C(=O)O)c1O. The van der Waals surface area contributed by atoms with Crippen LogP contribution in [0.5, 0.6) is 5.75 Å². The number of rotatable bonds is 4. The first-order valence-electron chi connectivity index (χ1n) is 6.42. The summed E-state index contributed by atoms with van der Waals surface area (Å²) < 4.78 is 0. The van der Waals surface area contributed by atoms with Gasteiger partial charge in [-0.15, -0.1) is 0 Å². The number of aromatic hydroxyl groups is 1. The number of carbonyl (C=O) groups excluding carboxylic acids is 1. The zero-order chi connectivity index (χ0) is 17.1. The number of phenols is 1. The Labute approximate surface area is 130 Å². The number of amides is 1. The fourth-order valence-electron chi connectivity index (χ4n) is 1.95. The molecule has 0 aromatic heterocycles. The highest BCUT2D eigenvalue weighted by Gasteiger charge is 2.15. The molecule has 0 heterocycles. The summed E-state index contributed by atoms with van der Waals surface area (Å²) in [5, 5.41) is 31.7. The van der Waals surface area contributed by atoms with Gasteiger partial charge >= 0.3 is 5.97 Å². The lowest BCUT2D eigenvalue weighted by Gasteiger charge is -2.09. The zero-order valence-electron chi connectivity index (χ0n) is 11.9. The molecule has 0 aliphatic heterocycles. The summed E-state index contributed by atoms with van der Waals surface area (Å²) in [5.74, 6) is -2.25. The monoisotopic (exact) mass is 316 g/mol. The van der Waals surface area contributed by atoms with Crippen molar-refractivity contribution in [3.8, 4) is 5.75 Å². The third-order valence-electron chi connectivity index (χ3n) is 3.13. The van der Waals surface area contributed by atoms with Crippen molar-refractivity contribution < 1.29 is 24.7 Å². The molecule has 118 valence electrons. The highest BCUT2D eigenvalue weighted by Crippen LogP contribution is 2.27. The van der Waals surface area contributed by atoms with Crippen molar-refractivity contribution >= 4 is 23.3 Å². The van der Waals surface area contributed by atoms with Gasteiger partial charge in [-0.1, -0.05) is 0 Å². The van der Waals surface area contributed by atoms with Crippen molar-refractivity contribution in [2.24, 2.45) is 0 Å². The molecule has 8 nitrogen and oxygen atoms in total. The topological polar surface area (TPSA) is 130 Å². The molecule has 0 fully saturated rings. The number of non-ortho nitro benzene ring substituents is 1. The minimum atomic E-state index is -1.32. The molecule has 0 aliphatic rings. The van der Waals surface area contributed by atoms with E-state index in [2.05, 4.69) is 5.32 Å². The van der Waals surface area contributed by atoms with E-state index in [4.69, 9.17) is 5.11 Å². The van der Waals surface area contributed by atoms with Gasteiger partial charge in [-0.25, -0.2) is 4.79 Å². The number of nitro groups is 1. The van der Waals surface area contributed by atoms with Crippen LogP contribution in [0.4, 0.5) is 11.4 Å². The molecule has 2 aromatic carbocycles. The zero-order valence-corrected chi connectivity index (χ0v) is 11.9. The Bertz CT molecular complexity index is 798. The molecular weight excluding hydrogens is 304 g/mol. The lowest BCUT2D eigenvalue weighted by Crippen LogP contribution is -2.12. The van der Waals surface area contributed by atoms with Crippen molar-refractivity contribution in [2.45, 2.75) is 6.92 Å². The van der Waals surface area contributed by atoms with Gasteiger partial charge in [-0.05, 0) is 36.8 Å². The van der Waals surface area contributed by atoms with Gasteiger partial charge in [0.2, 0.25) is 0 Å². The highest BCUT2D eigenvalue weighted by atomic mass is 16.6. The molecule has 0 saturated heterocycles. The molecular formula is C15H12N2O6. The normalized spacial score (nSPS) is 10.1. The first-order chi connectivity index (χ1) is 10.8. The van der Waals surface area contributed by atoms with Gasteiger partial charge in [-0.3, -0.25) is 14.9 Å². The predicted molar refractivity (Wildman–Crippen MR) is 80.9 cm³/mol. The molecule has 0 unspecified atom stereocenters. The van der Waals surface area contributed by atoms with Crippen LogP contribution in [0.25, 0.3) is 0 Å². The second-order valence-corrected chi connectivity index (χ2v) is 4.75. The molecule has 2 aromatic rings. The van der Waals surface area contributed by atoms with Crippen LogP contribution in [-0.4, -0.2) is 27.0 Å². The lowest BCUT2D eigenvalue weighted by molar-refractivity contribution is -0.384. The number of carboxylic acid groups (broad SMARTS) is 1. The molecule has 0 spiro atoms. The van der Waals surface area contributed by atoms with Gasteiger partial charge < -0.3 is 15.5 Å². The first kappa shape index (κ1) is 16.0. The van der Waals surface area contributed by atoms with Crippen LogP contribution in [0, 0.1) is 17.0 Å². The highest BCUT2D eigenvalue weighted by molar-refractivity contribution is 6.05. The average molecular weight is 316 g/mol. The number of nitrogens with zero attached hydrogens (tertiary/aromatic N) is 1. The van der Waals surface area contributed by atoms with Crippen molar-refractivity contribution in [3.63, 3.8) is 0 Å². The van der Waals surface area contributed by atoms with Gasteiger partial charge in [0, 0.05) is 23.4 Å². The van der Waals surface area contributed by atoms with Gasteiger partial charge in [0.1, 0.15) is 11.3 Å². The number of hydrogen-bond donors (Lipinski definition) is 3. The minimum Gasteiger partial charge on any atom is -0.507 e. The third kappa shape index (κ3) is 3.43. The smallest absolute Gasteiger partial charge is 0.339 e. The van der Waals surface area contributed by atoms with E-state index in [-0.39, 0.29) is 28.3 Å². The van der Waals surface area contributed by atoms with Crippen molar-refractivity contribution in [3.05, 3.63) is 63.2 Å². The largest absolute Gasteiger partial charge is 0.507 e. The van der Waals surface area contributed by atoms with Gasteiger partial charge in [0.15, 0.2) is 0 Å². The van der Waals surface area contributed by atoms with Crippen molar-refractivity contribution in [2.75, 3.05) is 5.32 Å². The summed E-state index contributed by atoms with van der Waals surface area (Å²) in [4.78, 5) is 33.1. The molecule has 0 radical (unpaired) electrons. The molecule has 1 amide bonds. The maximum Gasteiger partial charge on any atom is 0.339 e. The van der Waals surface area contributed by atoms with Gasteiger partial charge in [-0.2, -0.15) is 0 Å². The maximum absolute atomic E-state index is 12.1. The first-order valence-corrected chi connectivity index (χ1v) is 6.42. The van der Waals surface area contributed by atoms with Crippen LogP contribution >= 0.6 is 0 Å². The van der Waals surface area contributed by atoms with E-state index in [9.17, 15) is 24.8 Å². The van der Waals surface area contributed by atoms with Gasteiger partial charge in [0.25, 0.3) is 11.6 Å². The summed E-state index contributed by atoms with van der Waals surface area (Å²) in [6.45, 7) is 1.50. The van der Waals surface area contributed by atoms with Crippen LogP contribution < -0.4 is 5.32 Å². The number of aryl methyl sites for hydroxylation is 1. The number of carbonyl (C=O) groups is 2. The molecule has 0 bridgehead atoms. The Hall–Kier alpha value is -3.42. The average Bonchev–Trinajstić information content (AvgIpc) is 2.50. The van der Waals surface area contributed by atoms with E-state index in [1.54, 1.807) is 0 Å². The summed E-state index contributed by atoms with van der Waals surface area (Å²) in [6.07, 6.45) is 0. The van der Waals surface area contributed by atoms with E-state index in [0.29, 0.717) is 5.56 Å². The molecule has 3 N–H and O–H groups in total. The second kappa shape index (κ2) is 6.14. The Morgan fingerprint density at radius 1 is 1.17 bits per heavy atom. The fourth-order valence-corrected chi connectivity index (χ4v) is 1.95. The van der Waals surface area contributed by atoms with Crippen molar-refractivity contribution in [1.29, 1.82) is 0 Å². The predicted octanol–water partition coefficient (Wildman–Crippen LogP) is 2.56. The molecule has 23 heavy (non-hydrogen) atoms. The fraction of sp³-hybridized carbons (Fsp3) is 0.0667. The van der Waals surface area contributed by atoms with Crippen molar-refractivity contribution in [1.82, 2.24) is 0 Å². The molecule has 0 atom stereocenters. The summed E-state index contributed by atoms with van der Waals surface area (Å²) in [5.41, 5.74) is 0.197. The minimum absolute atomic E-state index is 0.143. The standard InChI is InChI=1S/C15H12N2O6/c1-8-6-10(7-12(13(8)18)15(20)21)16-14(19)9-2-4-11(5-3-9)17(22)23/h2-7,18H,1H3,(H,16,19)(H,20,21). The number of carboxylic acids is 1. The number of benzene rings is 2. The Morgan fingerprint density at radius 2 is 1.78 bits per heavy atom. The van der Waals surface area contributed by atoms with E-state index in [0.717, 1.165) is 6.07 Å². The number of nitrogens with one attached hydrogen (secondary N) is 1. The molecule has 0 saturated carbocycles. The Morgan fingerprint density at radius 3 is 2.30 bits per heavy atom. The Kier molecular flexibility index (Phi) is 4.26. The maximum atomic E-state index is 12.1. The van der Waals surface area contributed by atoms with Crippen LogP contribution in [0.2, 0.25) is 0 Å². The molecule has 2 rings (SSSR count). The second-order valence-electron chi connectivity index (χ2n) is 4.75. The third-order valence-corrected chi connectivity index (χ3v) is 3.13. The van der Waals surface area contributed by atoms with E-state index in [1.165, 1.54) is 37.3 Å². The van der Waals surface area contributed by atoms with E-state index < -0.39 is 16.8 Å². The van der Waals surface area contributed by atoms with Crippen LogP contribution in [0.3, 0.4) is 0 Å². The number of anilines is 1. The summed E-state index contributed by atoms with van der Waals surface area (Å²) in [7, 11) is 0. The number of hydrogen-bond acceptors (Lipinski definition) is 5. The van der Waals surface area contributed by atoms with E-state index >= 15 is 0 Å². The number of aromatic carboxylic acids is 1. The van der Waals surface area contributed by atoms with Gasteiger partial charge in [0.05, 0.1) is 4.92 Å². The lowest BCUT2D eigenvalue weighted by atomic mass is 10.1. The molecule has 0 aliphatic carbocycles. The van der Waals surface area contributed by atoms with Crippen LogP contribution in [0.15, 0.2) is 36.4 Å². The number of nitro benzene ring substituents is 1. The molecule has 8 heteroatoms. The quantitative estimate of drug-likeness (QED) is 0.451.